The molecule has 1 saturated heterocycles. The normalized spacial score (nSPS) is 20.3. The molecule has 1 fully saturated rings. The minimum absolute atomic E-state index is 0.156. The van der Waals surface area contributed by atoms with Crippen molar-refractivity contribution in [1.82, 2.24) is 4.90 Å². The fourth-order valence-corrected chi connectivity index (χ4v) is 3.91. The molecule has 1 heterocycles. The van der Waals surface area contributed by atoms with Crippen molar-refractivity contribution in [3.05, 3.63) is 71.3 Å². The van der Waals surface area contributed by atoms with Gasteiger partial charge in [0.1, 0.15) is 6.10 Å². The highest BCUT2D eigenvalue weighted by Gasteiger charge is 2.25. The standard InChI is InChI=1S/C23H31NO3/c1-18-9-5-6-13-22(18)23(19-10-3-2-4-11-19)27-17-21(26)15-24-14-8-7-12-20(24)16-25/h2-6,9-11,13,20-21,23,25-26H,7-8,12,14-17H2,1H3/t20-,21-,23+/m0/s1. The average molecular weight is 370 g/mol. The molecule has 27 heavy (non-hydrogen) atoms. The minimum Gasteiger partial charge on any atom is -0.395 e. The number of piperidine rings is 1. The third-order valence-electron chi connectivity index (χ3n) is 5.43. The van der Waals surface area contributed by atoms with Crippen LogP contribution in [0.25, 0.3) is 0 Å². The highest BCUT2D eigenvalue weighted by Crippen LogP contribution is 2.28. The van der Waals surface area contributed by atoms with E-state index in [1.54, 1.807) is 0 Å². The van der Waals surface area contributed by atoms with Gasteiger partial charge in [-0.3, -0.25) is 4.90 Å². The second kappa shape index (κ2) is 10.00. The van der Waals surface area contributed by atoms with Crippen LogP contribution >= 0.6 is 0 Å². The fourth-order valence-electron chi connectivity index (χ4n) is 3.91. The lowest BCUT2D eigenvalue weighted by Gasteiger charge is -2.36. The number of nitrogens with zero attached hydrogens (tertiary/aromatic N) is 1. The van der Waals surface area contributed by atoms with Crippen LogP contribution in [-0.2, 0) is 4.74 Å². The van der Waals surface area contributed by atoms with Crippen LogP contribution in [0.3, 0.4) is 0 Å². The van der Waals surface area contributed by atoms with Gasteiger partial charge in [0.05, 0.1) is 19.3 Å². The van der Waals surface area contributed by atoms with Crippen molar-refractivity contribution in [2.24, 2.45) is 0 Å². The third kappa shape index (κ3) is 5.39. The molecule has 0 radical (unpaired) electrons. The zero-order chi connectivity index (χ0) is 19.1. The van der Waals surface area contributed by atoms with E-state index in [1.807, 2.05) is 30.3 Å². The zero-order valence-electron chi connectivity index (χ0n) is 16.1. The van der Waals surface area contributed by atoms with Crippen molar-refractivity contribution >= 4 is 0 Å². The maximum absolute atomic E-state index is 10.6. The average Bonchev–Trinajstić information content (AvgIpc) is 2.70. The Morgan fingerprint density at radius 3 is 2.56 bits per heavy atom. The molecule has 2 aromatic rings. The molecule has 2 N–H and O–H groups in total. The number of hydrogen-bond donors (Lipinski definition) is 2. The Balaban J connectivity index is 1.67. The fraction of sp³-hybridized carbons (Fsp3) is 0.478. The Bertz CT molecular complexity index is 691. The number of aliphatic hydroxyl groups excluding tert-OH is 2. The molecular formula is C23H31NO3. The van der Waals surface area contributed by atoms with Crippen LogP contribution in [0.5, 0.6) is 0 Å². The number of aryl methyl sites for hydroxylation is 1. The van der Waals surface area contributed by atoms with Gasteiger partial charge in [-0.05, 0) is 43.0 Å². The molecule has 3 rings (SSSR count). The highest BCUT2D eigenvalue weighted by molar-refractivity contribution is 5.35. The van der Waals surface area contributed by atoms with E-state index >= 15 is 0 Å². The molecular weight excluding hydrogens is 338 g/mol. The van der Waals surface area contributed by atoms with Crippen molar-refractivity contribution in [1.29, 1.82) is 0 Å². The van der Waals surface area contributed by atoms with E-state index in [0.29, 0.717) is 6.54 Å². The van der Waals surface area contributed by atoms with Gasteiger partial charge in [-0.15, -0.1) is 0 Å². The number of aliphatic hydroxyl groups is 2. The molecule has 3 atom stereocenters. The Morgan fingerprint density at radius 2 is 1.81 bits per heavy atom. The Labute approximate surface area is 162 Å². The zero-order valence-corrected chi connectivity index (χ0v) is 16.1. The molecule has 0 amide bonds. The maximum Gasteiger partial charge on any atom is 0.108 e. The molecule has 4 nitrogen and oxygen atoms in total. The first-order valence-electron chi connectivity index (χ1n) is 9.94. The highest BCUT2D eigenvalue weighted by atomic mass is 16.5. The molecule has 4 heteroatoms. The number of benzene rings is 2. The lowest BCUT2D eigenvalue weighted by atomic mass is 9.97. The quantitative estimate of drug-likeness (QED) is 0.750. The van der Waals surface area contributed by atoms with Crippen LogP contribution in [0.15, 0.2) is 54.6 Å². The maximum atomic E-state index is 10.6. The summed E-state index contributed by atoms with van der Waals surface area (Å²) in [6.07, 6.45) is 2.50. The molecule has 0 saturated carbocycles. The van der Waals surface area contributed by atoms with Gasteiger partial charge in [-0.25, -0.2) is 0 Å². The molecule has 0 unspecified atom stereocenters. The molecule has 2 aromatic carbocycles. The molecule has 0 aromatic heterocycles. The number of likely N-dealkylation sites (tertiary alicyclic amines) is 1. The van der Waals surface area contributed by atoms with Crippen molar-refractivity contribution in [2.75, 3.05) is 26.3 Å². The van der Waals surface area contributed by atoms with Crippen LogP contribution in [0.4, 0.5) is 0 Å². The van der Waals surface area contributed by atoms with E-state index in [0.717, 1.165) is 36.9 Å². The van der Waals surface area contributed by atoms with Crippen LogP contribution in [0.2, 0.25) is 0 Å². The van der Waals surface area contributed by atoms with Crippen LogP contribution in [0.1, 0.15) is 42.1 Å². The van der Waals surface area contributed by atoms with Gasteiger partial charge in [0.15, 0.2) is 0 Å². The predicted molar refractivity (Wildman–Crippen MR) is 108 cm³/mol. The monoisotopic (exact) mass is 369 g/mol. The third-order valence-corrected chi connectivity index (χ3v) is 5.43. The first-order chi connectivity index (χ1) is 13.2. The molecule has 1 aliphatic rings. The van der Waals surface area contributed by atoms with Crippen molar-refractivity contribution in [3.8, 4) is 0 Å². The minimum atomic E-state index is -0.576. The van der Waals surface area contributed by atoms with Gasteiger partial charge >= 0.3 is 0 Å². The van der Waals surface area contributed by atoms with Crippen LogP contribution in [-0.4, -0.2) is 53.6 Å². The summed E-state index contributed by atoms with van der Waals surface area (Å²) in [6.45, 7) is 3.99. The summed E-state index contributed by atoms with van der Waals surface area (Å²) in [5.74, 6) is 0. The van der Waals surface area contributed by atoms with E-state index in [-0.39, 0.29) is 25.4 Å². The van der Waals surface area contributed by atoms with Crippen LogP contribution < -0.4 is 0 Å². The summed E-state index contributed by atoms with van der Waals surface area (Å²) in [5, 5.41) is 20.1. The summed E-state index contributed by atoms with van der Waals surface area (Å²) in [7, 11) is 0. The lowest BCUT2D eigenvalue weighted by molar-refractivity contribution is -0.0238. The number of rotatable bonds is 8. The van der Waals surface area contributed by atoms with Gasteiger partial charge in [0.2, 0.25) is 0 Å². The van der Waals surface area contributed by atoms with E-state index < -0.39 is 6.10 Å². The molecule has 0 bridgehead atoms. The van der Waals surface area contributed by atoms with Gasteiger partial charge in [0, 0.05) is 12.6 Å². The Hall–Kier alpha value is -1.72. The summed E-state index contributed by atoms with van der Waals surface area (Å²) >= 11 is 0. The first kappa shape index (κ1) is 20.0. The second-order valence-corrected chi connectivity index (χ2v) is 7.46. The molecule has 0 spiro atoms. The summed E-state index contributed by atoms with van der Waals surface area (Å²) in [6, 6.07) is 18.6. The Kier molecular flexibility index (Phi) is 7.41. The SMILES string of the molecule is Cc1ccccc1[C@H](OC[C@@H](O)CN1CCCC[C@H]1CO)c1ccccc1. The largest absolute Gasteiger partial charge is 0.395 e. The summed E-state index contributed by atoms with van der Waals surface area (Å²) < 4.78 is 6.23. The van der Waals surface area contributed by atoms with Gasteiger partial charge in [0.25, 0.3) is 0 Å². The van der Waals surface area contributed by atoms with Gasteiger partial charge in [-0.1, -0.05) is 61.0 Å². The van der Waals surface area contributed by atoms with Crippen molar-refractivity contribution in [3.63, 3.8) is 0 Å². The smallest absolute Gasteiger partial charge is 0.108 e. The topological polar surface area (TPSA) is 52.9 Å². The number of β-amino-alcohol motifs (C(OH)–C–C–N with tert-alkyl or cyclic N) is 1. The van der Waals surface area contributed by atoms with Crippen molar-refractivity contribution < 1.29 is 14.9 Å². The van der Waals surface area contributed by atoms with E-state index in [1.165, 1.54) is 5.56 Å². The summed E-state index contributed by atoms with van der Waals surface area (Å²) in [4.78, 5) is 2.20. The second-order valence-electron chi connectivity index (χ2n) is 7.46. The predicted octanol–water partition coefficient (Wildman–Crippen LogP) is 3.31. The molecule has 146 valence electrons. The lowest BCUT2D eigenvalue weighted by Crippen LogP contribution is -2.46. The Morgan fingerprint density at radius 1 is 1.07 bits per heavy atom. The van der Waals surface area contributed by atoms with E-state index in [4.69, 9.17) is 4.74 Å². The van der Waals surface area contributed by atoms with E-state index in [9.17, 15) is 10.2 Å². The summed E-state index contributed by atoms with van der Waals surface area (Å²) in [5.41, 5.74) is 3.39. The van der Waals surface area contributed by atoms with Crippen molar-refractivity contribution in [2.45, 2.75) is 44.4 Å². The number of ether oxygens (including phenoxy) is 1. The van der Waals surface area contributed by atoms with Gasteiger partial charge < -0.3 is 14.9 Å². The van der Waals surface area contributed by atoms with E-state index in [2.05, 4.69) is 36.1 Å². The first-order valence-corrected chi connectivity index (χ1v) is 9.94. The van der Waals surface area contributed by atoms with Crippen LogP contribution in [0, 0.1) is 6.92 Å². The van der Waals surface area contributed by atoms with Gasteiger partial charge in [-0.2, -0.15) is 0 Å². The molecule has 0 aliphatic carbocycles. The number of hydrogen-bond acceptors (Lipinski definition) is 4. The molecule has 1 aliphatic heterocycles.